The Morgan fingerprint density at radius 3 is 2.73 bits per heavy atom. The van der Waals surface area contributed by atoms with Crippen LogP contribution in [0, 0.1) is 18.2 Å². The zero-order valence-corrected chi connectivity index (χ0v) is 14.6. The summed E-state index contributed by atoms with van der Waals surface area (Å²) in [5.74, 6) is 2.53. The van der Waals surface area contributed by atoms with Crippen LogP contribution in [0.2, 0.25) is 0 Å². The van der Waals surface area contributed by atoms with E-state index >= 15 is 0 Å². The number of terminal acetylenes is 1. The molecule has 0 heterocycles. The van der Waals surface area contributed by atoms with Crippen molar-refractivity contribution in [1.29, 1.82) is 0 Å². The quantitative estimate of drug-likeness (QED) is 0.424. The number of halogens is 1. The monoisotopic (exact) mass is 352 g/mol. The lowest BCUT2D eigenvalue weighted by molar-refractivity contribution is -0.115. The van der Waals surface area contributed by atoms with Gasteiger partial charge in [-0.15, -0.1) is 6.42 Å². The van der Waals surface area contributed by atoms with Crippen LogP contribution in [0.4, 0.5) is 10.1 Å². The van der Waals surface area contributed by atoms with Gasteiger partial charge in [-0.2, -0.15) is 0 Å². The summed E-state index contributed by atoms with van der Waals surface area (Å²) >= 11 is 0. The summed E-state index contributed by atoms with van der Waals surface area (Å²) < 4.78 is 13.6. The van der Waals surface area contributed by atoms with Gasteiger partial charge in [-0.05, 0) is 36.2 Å². The van der Waals surface area contributed by atoms with Crippen molar-refractivity contribution in [3.05, 3.63) is 65.5 Å². The SMILES string of the molecule is C#Cc1cccc(NC(=O)CNC(=NC)NCCc2ccccc2F)c1. The van der Waals surface area contributed by atoms with Crippen LogP contribution in [0.1, 0.15) is 11.1 Å². The average molecular weight is 352 g/mol. The number of aliphatic imine (C=N–C) groups is 1. The number of nitrogens with one attached hydrogen (secondary N) is 3. The standard InChI is InChI=1S/C20H21FN4O/c1-3-15-7-6-9-17(13-15)25-19(26)14-24-20(22-2)23-12-11-16-8-4-5-10-18(16)21/h1,4-10,13H,11-12,14H2,2H3,(H,25,26)(H2,22,23,24). The Labute approximate surface area is 152 Å². The van der Waals surface area contributed by atoms with Gasteiger partial charge in [-0.25, -0.2) is 4.39 Å². The summed E-state index contributed by atoms with van der Waals surface area (Å²) in [6.45, 7) is 0.534. The van der Waals surface area contributed by atoms with Gasteiger partial charge < -0.3 is 16.0 Å². The normalized spacial score (nSPS) is 10.7. The largest absolute Gasteiger partial charge is 0.356 e. The molecule has 0 aliphatic heterocycles. The van der Waals surface area contributed by atoms with Gasteiger partial charge in [0.25, 0.3) is 0 Å². The van der Waals surface area contributed by atoms with Gasteiger partial charge in [0.15, 0.2) is 5.96 Å². The van der Waals surface area contributed by atoms with Crippen LogP contribution in [0.5, 0.6) is 0 Å². The third-order valence-electron chi connectivity index (χ3n) is 3.60. The summed E-state index contributed by atoms with van der Waals surface area (Å²) in [6, 6.07) is 13.7. The summed E-state index contributed by atoms with van der Waals surface area (Å²) in [5.41, 5.74) is 1.96. The van der Waals surface area contributed by atoms with E-state index < -0.39 is 0 Å². The highest BCUT2D eigenvalue weighted by Crippen LogP contribution is 2.09. The van der Waals surface area contributed by atoms with Crippen LogP contribution >= 0.6 is 0 Å². The minimum Gasteiger partial charge on any atom is -0.356 e. The Morgan fingerprint density at radius 2 is 2.00 bits per heavy atom. The fourth-order valence-corrected chi connectivity index (χ4v) is 2.29. The summed E-state index contributed by atoms with van der Waals surface area (Å²) in [5, 5.41) is 8.72. The number of hydrogen-bond acceptors (Lipinski definition) is 2. The highest BCUT2D eigenvalue weighted by molar-refractivity contribution is 5.95. The smallest absolute Gasteiger partial charge is 0.243 e. The van der Waals surface area contributed by atoms with Crippen LogP contribution in [0.15, 0.2) is 53.5 Å². The molecule has 6 heteroatoms. The number of nitrogens with zero attached hydrogens (tertiary/aromatic N) is 1. The first kappa shape index (κ1) is 19.0. The number of amides is 1. The molecule has 1 amide bonds. The molecule has 3 N–H and O–H groups in total. The number of benzene rings is 2. The van der Waals surface area contributed by atoms with Gasteiger partial charge in [-0.1, -0.05) is 30.2 Å². The number of hydrogen-bond donors (Lipinski definition) is 3. The van der Waals surface area contributed by atoms with E-state index in [1.54, 1.807) is 49.5 Å². The van der Waals surface area contributed by atoms with Crippen molar-refractivity contribution >= 4 is 17.6 Å². The minimum absolute atomic E-state index is 0.0413. The molecule has 2 rings (SSSR count). The summed E-state index contributed by atoms with van der Waals surface area (Å²) in [6.07, 6.45) is 5.85. The Kier molecular flexibility index (Phi) is 7.19. The molecule has 0 saturated heterocycles. The second kappa shape index (κ2) is 9.84. The van der Waals surface area contributed by atoms with Crippen LogP contribution in [0.3, 0.4) is 0 Å². The van der Waals surface area contributed by atoms with Crippen LogP contribution < -0.4 is 16.0 Å². The second-order valence-corrected chi connectivity index (χ2v) is 5.47. The zero-order chi connectivity index (χ0) is 18.8. The molecule has 0 atom stereocenters. The maximum atomic E-state index is 13.6. The topological polar surface area (TPSA) is 65.5 Å². The highest BCUT2D eigenvalue weighted by atomic mass is 19.1. The molecule has 5 nitrogen and oxygen atoms in total. The molecule has 2 aromatic carbocycles. The molecule has 0 unspecified atom stereocenters. The lowest BCUT2D eigenvalue weighted by Gasteiger charge is -2.12. The van der Waals surface area contributed by atoms with E-state index in [2.05, 4.69) is 26.9 Å². The van der Waals surface area contributed by atoms with Crippen LogP contribution in [-0.4, -0.2) is 32.0 Å². The average Bonchev–Trinajstić information content (AvgIpc) is 2.66. The first-order valence-electron chi connectivity index (χ1n) is 8.17. The molecule has 0 aliphatic carbocycles. The van der Waals surface area contributed by atoms with Crippen molar-refractivity contribution in [2.24, 2.45) is 4.99 Å². The Bertz CT molecular complexity index is 827. The molecule has 0 bridgehead atoms. The van der Waals surface area contributed by atoms with E-state index in [-0.39, 0.29) is 18.3 Å². The molecule has 0 aliphatic rings. The van der Waals surface area contributed by atoms with E-state index in [0.29, 0.717) is 35.7 Å². The van der Waals surface area contributed by atoms with Gasteiger partial charge in [0.1, 0.15) is 5.82 Å². The van der Waals surface area contributed by atoms with Gasteiger partial charge >= 0.3 is 0 Å². The highest BCUT2D eigenvalue weighted by Gasteiger charge is 2.05. The molecule has 134 valence electrons. The predicted octanol–water partition coefficient (Wildman–Crippen LogP) is 2.15. The maximum absolute atomic E-state index is 13.6. The van der Waals surface area contributed by atoms with Crippen molar-refractivity contribution in [1.82, 2.24) is 10.6 Å². The zero-order valence-electron chi connectivity index (χ0n) is 14.6. The molecule has 0 radical (unpaired) electrons. The van der Waals surface area contributed by atoms with Crippen LogP contribution in [0.25, 0.3) is 0 Å². The van der Waals surface area contributed by atoms with Gasteiger partial charge in [0.05, 0.1) is 6.54 Å². The maximum Gasteiger partial charge on any atom is 0.243 e. The van der Waals surface area contributed by atoms with Gasteiger partial charge in [0.2, 0.25) is 5.91 Å². The Balaban J connectivity index is 1.76. The van der Waals surface area contributed by atoms with Gasteiger partial charge in [-0.3, -0.25) is 9.79 Å². The van der Waals surface area contributed by atoms with Crippen molar-refractivity contribution in [2.45, 2.75) is 6.42 Å². The van der Waals surface area contributed by atoms with E-state index in [9.17, 15) is 9.18 Å². The van der Waals surface area contributed by atoms with Crippen molar-refractivity contribution in [3.8, 4) is 12.3 Å². The molecular weight excluding hydrogens is 331 g/mol. The number of anilines is 1. The van der Waals surface area contributed by atoms with E-state index in [0.717, 1.165) is 0 Å². The molecule has 0 saturated carbocycles. The Hall–Kier alpha value is -3.33. The van der Waals surface area contributed by atoms with E-state index in [1.807, 2.05) is 0 Å². The summed E-state index contributed by atoms with van der Waals surface area (Å²) in [4.78, 5) is 16.1. The van der Waals surface area contributed by atoms with Crippen molar-refractivity contribution in [2.75, 3.05) is 25.5 Å². The molecule has 0 aromatic heterocycles. The van der Waals surface area contributed by atoms with E-state index in [1.165, 1.54) is 6.07 Å². The predicted molar refractivity (Wildman–Crippen MR) is 102 cm³/mol. The second-order valence-electron chi connectivity index (χ2n) is 5.47. The first-order valence-corrected chi connectivity index (χ1v) is 8.17. The Morgan fingerprint density at radius 1 is 1.19 bits per heavy atom. The van der Waals surface area contributed by atoms with Crippen LogP contribution in [-0.2, 0) is 11.2 Å². The summed E-state index contributed by atoms with van der Waals surface area (Å²) in [7, 11) is 1.60. The minimum atomic E-state index is -0.231. The van der Waals surface area contributed by atoms with E-state index in [4.69, 9.17) is 6.42 Å². The van der Waals surface area contributed by atoms with Crippen molar-refractivity contribution < 1.29 is 9.18 Å². The number of carbonyl (C=O) groups is 1. The molecule has 0 fully saturated rings. The lowest BCUT2D eigenvalue weighted by atomic mass is 10.1. The first-order chi connectivity index (χ1) is 12.6. The third kappa shape index (κ3) is 5.95. The molecule has 26 heavy (non-hydrogen) atoms. The van der Waals surface area contributed by atoms with Crippen molar-refractivity contribution in [3.63, 3.8) is 0 Å². The fraction of sp³-hybridized carbons (Fsp3) is 0.200. The molecule has 0 spiro atoms. The lowest BCUT2D eigenvalue weighted by Crippen LogP contribution is -2.42. The number of rotatable bonds is 6. The van der Waals surface area contributed by atoms with Gasteiger partial charge in [0, 0.05) is 24.8 Å². The fourth-order valence-electron chi connectivity index (χ4n) is 2.29. The number of carbonyl (C=O) groups excluding carboxylic acids is 1. The molecule has 2 aromatic rings. The number of guanidine groups is 1. The third-order valence-corrected chi connectivity index (χ3v) is 3.60. The molecular formula is C20H21FN4O.